The van der Waals surface area contributed by atoms with Gasteiger partial charge in [0, 0.05) is 18.2 Å². The Morgan fingerprint density at radius 3 is 2.39 bits per heavy atom. The number of rotatable bonds is 8. The number of nitro groups is 1. The molecule has 1 aliphatic rings. The zero-order valence-electron chi connectivity index (χ0n) is 17.7. The number of amides is 1. The molecule has 2 aromatic carbocycles. The maximum atomic E-state index is 13.0. The van der Waals surface area contributed by atoms with E-state index in [1.807, 2.05) is 6.92 Å². The van der Waals surface area contributed by atoms with Gasteiger partial charge in [-0.25, -0.2) is 0 Å². The molecule has 7 nitrogen and oxygen atoms in total. The predicted octanol–water partition coefficient (Wildman–Crippen LogP) is 4.91. The Balaban J connectivity index is 2.15. The van der Waals surface area contributed by atoms with Gasteiger partial charge < -0.3 is 10.0 Å². The molecule has 31 heavy (non-hydrogen) atoms. The highest BCUT2D eigenvalue weighted by atomic mass is 16.6. The highest BCUT2D eigenvalue weighted by Crippen LogP contribution is 2.42. The molecule has 1 saturated heterocycles. The Bertz CT molecular complexity index is 1030. The number of Topliss-reactive ketones (excluding diaryl/α,β-unsaturated/α-hetero) is 1. The minimum absolute atomic E-state index is 0.112. The van der Waals surface area contributed by atoms with Crippen molar-refractivity contribution in [2.24, 2.45) is 0 Å². The van der Waals surface area contributed by atoms with E-state index in [9.17, 15) is 24.8 Å². The standard InChI is InChI=1S/C24H26N2O5/c1-3-4-5-8-15-25-21(18-9-6-7-10-19(18)26(30)31)20(23(28)24(25)29)22(27)17-13-11-16(2)12-14-17/h6-7,9-14,21,27H,3-5,8,15H2,1-2H3/t21-/m0/s1. The molecule has 0 saturated carbocycles. The average Bonchev–Trinajstić information content (AvgIpc) is 3.01. The first kappa shape index (κ1) is 22.2. The molecule has 0 bridgehead atoms. The molecular formula is C24H26N2O5. The summed E-state index contributed by atoms with van der Waals surface area (Å²) in [7, 11) is 0. The summed E-state index contributed by atoms with van der Waals surface area (Å²) in [5.41, 5.74) is 1.28. The normalized spacial score (nSPS) is 17.9. The van der Waals surface area contributed by atoms with Crippen LogP contribution in [0.5, 0.6) is 0 Å². The Labute approximate surface area is 181 Å². The molecule has 1 fully saturated rings. The number of ketones is 1. The number of aryl methyl sites for hydroxylation is 1. The van der Waals surface area contributed by atoms with Crippen LogP contribution in [0.4, 0.5) is 5.69 Å². The molecule has 0 aliphatic carbocycles. The van der Waals surface area contributed by atoms with Gasteiger partial charge in [0.15, 0.2) is 0 Å². The minimum Gasteiger partial charge on any atom is -0.507 e. The highest BCUT2D eigenvalue weighted by Gasteiger charge is 2.47. The number of nitrogens with zero attached hydrogens (tertiary/aromatic N) is 2. The average molecular weight is 422 g/mol. The Morgan fingerprint density at radius 1 is 1.06 bits per heavy atom. The molecule has 1 amide bonds. The van der Waals surface area contributed by atoms with Crippen molar-refractivity contribution in [3.05, 3.63) is 80.9 Å². The van der Waals surface area contributed by atoms with Gasteiger partial charge in [-0.2, -0.15) is 0 Å². The Kier molecular flexibility index (Phi) is 6.84. The van der Waals surface area contributed by atoms with Gasteiger partial charge >= 0.3 is 0 Å². The summed E-state index contributed by atoms with van der Waals surface area (Å²) in [6, 6.07) is 11.9. The van der Waals surface area contributed by atoms with Crippen LogP contribution >= 0.6 is 0 Å². The van der Waals surface area contributed by atoms with Crippen molar-refractivity contribution in [2.75, 3.05) is 6.54 Å². The molecule has 1 heterocycles. The van der Waals surface area contributed by atoms with E-state index in [-0.39, 0.29) is 29.1 Å². The quantitative estimate of drug-likeness (QED) is 0.163. The van der Waals surface area contributed by atoms with Gasteiger partial charge in [0.2, 0.25) is 0 Å². The molecule has 0 radical (unpaired) electrons. The van der Waals surface area contributed by atoms with Crippen molar-refractivity contribution in [3.63, 3.8) is 0 Å². The van der Waals surface area contributed by atoms with Gasteiger partial charge in [-0.1, -0.05) is 68.1 Å². The molecule has 1 N–H and O–H groups in total. The topological polar surface area (TPSA) is 101 Å². The van der Waals surface area contributed by atoms with Crippen molar-refractivity contribution in [1.82, 2.24) is 4.90 Å². The van der Waals surface area contributed by atoms with Gasteiger partial charge in [-0.05, 0) is 19.4 Å². The molecule has 0 spiro atoms. The third-order valence-corrected chi connectivity index (χ3v) is 5.55. The number of likely N-dealkylation sites (tertiary alicyclic amines) is 1. The van der Waals surface area contributed by atoms with E-state index in [0.717, 1.165) is 24.8 Å². The summed E-state index contributed by atoms with van der Waals surface area (Å²) in [4.78, 5) is 38.4. The maximum absolute atomic E-state index is 13.0. The summed E-state index contributed by atoms with van der Waals surface area (Å²) in [5.74, 6) is -1.89. The molecule has 1 aliphatic heterocycles. The van der Waals surface area contributed by atoms with Crippen LogP contribution in [0, 0.1) is 17.0 Å². The molecule has 162 valence electrons. The second kappa shape index (κ2) is 9.55. The number of benzene rings is 2. The fourth-order valence-electron chi connectivity index (χ4n) is 3.89. The summed E-state index contributed by atoms with van der Waals surface area (Å²) in [6.07, 6.45) is 3.55. The van der Waals surface area contributed by atoms with E-state index in [2.05, 4.69) is 6.92 Å². The van der Waals surface area contributed by atoms with Crippen molar-refractivity contribution in [2.45, 2.75) is 45.6 Å². The lowest BCUT2D eigenvalue weighted by Gasteiger charge is -2.25. The smallest absolute Gasteiger partial charge is 0.295 e. The van der Waals surface area contributed by atoms with Crippen LogP contribution < -0.4 is 0 Å². The van der Waals surface area contributed by atoms with E-state index >= 15 is 0 Å². The zero-order valence-corrected chi connectivity index (χ0v) is 17.7. The highest BCUT2D eigenvalue weighted by molar-refractivity contribution is 6.46. The number of unbranched alkanes of at least 4 members (excludes halogenated alkanes) is 3. The molecule has 3 rings (SSSR count). The van der Waals surface area contributed by atoms with Crippen LogP contribution in [-0.4, -0.2) is 33.2 Å². The first-order valence-electron chi connectivity index (χ1n) is 10.5. The van der Waals surface area contributed by atoms with Crippen molar-refractivity contribution >= 4 is 23.1 Å². The van der Waals surface area contributed by atoms with Gasteiger partial charge in [-0.15, -0.1) is 0 Å². The number of para-hydroxylation sites is 1. The zero-order chi connectivity index (χ0) is 22.5. The Morgan fingerprint density at radius 2 is 1.74 bits per heavy atom. The summed E-state index contributed by atoms with van der Waals surface area (Å²) in [5, 5.41) is 22.7. The summed E-state index contributed by atoms with van der Waals surface area (Å²) in [6.45, 7) is 4.25. The van der Waals surface area contributed by atoms with Crippen LogP contribution in [0.25, 0.3) is 5.76 Å². The van der Waals surface area contributed by atoms with Crippen LogP contribution in [0.1, 0.15) is 55.3 Å². The van der Waals surface area contributed by atoms with E-state index in [0.29, 0.717) is 12.0 Å². The van der Waals surface area contributed by atoms with Crippen LogP contribution in [0.15, 0.2) is 54.1 Å². The third-order valence-electron chi connectivity index (χ3n) is 5.55. The second-order valence-electron chi connectivity index (χ2n) is 7.74. The number of aliphatic hydroxyl groups excluding tert-OH is 1. The predicted molar refractivity (Wildman–Crippen MR) is 117 cm³/mol. The van der Waals surface area contributed by atoms with Crippen molar-refractivity contribution in [1.29, 1.82) is 0 Å². The van der Waals surface area contributed by atoms with Crippen LogP contribution in [0.2, 0.25) is 0 Å². The Hall–Kier alpha value is -3.48. The lowest BCUT2D eigenvalue weighted by molar-refractivity contribution is -0.385. The molecule has 2 aromatic rings. The number of aliphatic hydroxyl groups is 1. The first-order chi connectivity index (χ1) is 14.9. The van der Waals surface area contributed by atoms with E-state index < -0.39 is 22.7 Å². The van der Waals surface area contributed by atoms with Gasteiger partial charge in [0.25, 0.3) is 17.4 Å². The van der Waals surface area contributed by atoms with Gasteiger partial charge in [-0.3, -0.25) is 19.7 Å². The first-order valence-corrected chi connectivity index (χ1v) is 10.5. The van der Waals surface area contributed by atoms with Crippen LogP contribution in [-0.2, 0) is 9.59 Å². The SMILES string of the molecule is CCCCCCN1C(=O)C(=O)C(=C(O)c2ccc(C)cc2)[C@@H]1c1ccccc1[N+](=O)[O-]. The lowest BCUT2D eigenvalue weighted by Crippen LogP contribution is -2.31. The molecular weight excluding hydrogens is 396 g/mol. The van der Waals surface area contributed by atoms with Crippen molar-refractivity contribution < 1.29 is 19.6 Å². The third kappa shape index (κ3) is 4.50. The number of carbonyl (C=O) groups excluding carboxylic acids is 2. The summed E-state index contributed by atoms with van der Waals surface area (Å²) < 4.78 is 0. The van der Waals surface area contributed by atoms with E-state index in [4.69, 9.17) is 0 Å². The number of carbonyl (C=O) groups is 2. The minimum atomic E-state index is -1.01. The van der Waals surface area contributed by atoms with E-state index in [1.54, 1.807) is 30.3 Å². The number of hydrogen-bond acceptors (Lipinski definition) is 5. The van der Waals surface area contributed by atoms with E-state index in [1.165, 1.54) is 23.1 Å². The molecule has 1 atom stereocenters. The van der Waals surface area contributed by atoms with Gasteiger partial charge in [0.1, 0.15) is 5.76 Å². The van der Waals surface area contributed by atoms with Crippen LogP contribution in [0.3, 0.4) is 0 Å². The van der Waals surface area contributed by atoms with Gasteiger partial charge in [0.05, 0.1) is 22.1 Å². The molecule has 7 heteroatoms. The van der Waals surface area contributed by atoms with Crippen molar-refractivity contribution in [3.8, 4) is 0 Å². The number of nitro benzene ring substituents is 1. The largest absolute Gasteiger partial charge is 0.507 e. The summed E-state index contributed by atoms with van der Waals surface area (Å²) >= 11 is 0. The fourth-order valence-corrected chi connectivity index (χ4v) is 3.89. The lowest BCUT2D eigenvalue weighted by atomic mass is 9.94. The molecule has 0 aromatic heterocycles. The monoisotopic (exact) mass is 422 g/mol. The second-order valence-corrected chi connectivity index (χ2v) is 7.74. The molecule has 0 unspecified atom stereocenters. The maximum Gasteiger partial charge on any atom is 0.295 e. The number of hydrogen-bond donors (Lipinski definition) is 1. The fraction of sp³-hybridized carbons (Fsp3) is 0.333.